The summed E-state index contributed by atoms with van der Waals surface area (Å²) in [5, 5.41) is 6.79. The number of nitrogens with zero attached hydrogens (tertiary/aromatic N) is 4. The minimum atomic E-state index is -4.58. The third-order valence-corrected chi connectivity index (χ3v) is 4.91. The van der Waals surface area contributed by atoms with E-state index in [1.165, 1.54) is 0 Å². The molecule has 152 valence electrons. The molecule has 28 heavy (non-hydrogen) atoms. The van der Waals surface area contributed by atoms with Crippen LogP contribution in [0.2, 0.25) is 0 Å². The Kier molecular flexibility index (Phi) is 4.39. The Morgan fingerprint density at radius 1 is 1.11 bits per heavy atom. The van der Waals surface area contributed by atoms with Crippen LogP contribution in [0, 0.1) is 17.5 Å². The molecule has 2 unspecified atom stereocenters. The molecule has 2 aliphatic heterocycles. The molecule has 12 heteroatoms. The van der Waals surface area contributed by atoms with Crippen LogP contribution >= 0.6 is 0 Å². The van der Waals surface area contributed by atoms with Crippen molar-refractivity contribution in [3.8, 4) is 0 Å². The van der Waals surface area contributed by atoms with Gasteiger partial charge >= 0.3 is 6.18 Å². The first kappa shape index (κ1) is 19.2. The highest BCUT2D eigenvalue weighted by Gasteiger charge is 2.47. The maximum absolute atomic E-state index is 13.8. The van der Waals surface area contributed by atoms with Crippen molar-refractivity contribution in [3.05, 3.63) is 46.8 Å². The van der Waals surface area contributed by atoms with E-state index in [9.17, 15) is 26.3 Å². The van der Waals surface area contributed by atoms with Gasteiger partial charge in [-0.25, -0.2) is 13.2 Å². The topological polar surface area (TPSA) is 69.2 Å². The van der Waals surface area contributed by atoms with Gasteiger partial charge in [-0.05, 0) is 11.6 Å². The highest BCUT2D eigenvalue weighted by atomic mass is 19.4. The zero-order chi connectivity index (χ0) is 20.3. The molecular formula is C16H15F6N5O. The average Bonchev–Trinajstić information content (AvgIpc) is 3.00. The van der Waals surface area contributed by atoms with Crippen LogP contribution in [0.5, 0.6) is 0 Å². The Labute approximate surface area is 154 Å². The number of hydrogen-bond donors (Lipinski definition) is 1. The number of ether oxygens (including phenoxy) is 1. The Balaban J connectivity index is 1.40. The molecule has 0 radical (unpaired) electrons. The molecule has 2 aliphatic rings. The molecule has 0 bridgehead atoms. The third kappa shape index (κ3) is 3.35. The van der Waals surface area contributed by atoms with Crippen LogP contribution < -0.4 is 5.73 Å². The van der Waals surface area contributed by atoms with Crippen LogP contribution in [0.4, 0.5) is 26.3 Å². The number of benzene rings is 1. The number of nitrogens with two attached hydrogens (primary N) is 1. The number of alkyl halides is 3. The van der Waals surface area contributed by atoms with E-state index < -0.39 is 41.4 Å². The Morgan fingerprint density at radius 2 is 1.79 bits per heavy atom. The van der Waals surface area contributed by atoms with E-state index in [4.69, 9.17) is 10.5 Å². The molecule has 4 rings (SSSR count). The molecule has 2 N–H and O–H groups in total. The van der Waals surface area contributed by atoms with Gasteiger partial charge in [-0.3, -0.25) is 4.90 Å². The lowest BCUT2D eigenvalue weighted by Gasteiger charge is -2.50. The quantitative estimate of drug-likeness (QED) is 0.624. The lowest BCUT2D eigenvalue weighted by atomic mass is 9.93. The summed E-state index contributed by atoms with van der Waals surface area (Å²) in [5.74, 6) is -4.30. The third-order valence-electron chi connectivity index (χ3n) is 4.91. The fourth-order valence-corrected chi connectivity index (χ4v) is 3.53. The predicted molar refractivity (Wildman–Crippen MR) is 81.9 cm³/mol. The minimum absolute atomic E-state index is 0.0341. The number of halogens is 6. The number of fused-ring (bicyclic) bond motifs is 1. The van der Waals surface area contributed by atoms with E-state index in [1.807, 2.05) is 0 Å². The summed E-state index contributed by atoms with van der Waals surface area (Å²) < 4.78 is 85.4. The van der Waals surface area contributed by atoms with Gasteiger partial charge in [0.1, 0.15) is 23.6 Å². The lowest BCUT2D eigenvalue weighted by molar-refractivity contribution is -0.263. The smallest absolute Gasteiger partial charge is 0.342 e. The summed E-state index contributed by atoms with van der Waals surface area (Å²) in [5.41, 5.74) is 4.63. The van der Waals surface area contributed by atoms with E-state index in [2.05, 4.69) is 10.2 Å². The summed E-state index contributed by atoms with van der Waals surface area (Å²) in [7, 11) is 0. The first-order valence-electron chi connectivity index (χ1n) is 8.39. The molecule has 1 fully saturated rings. The summed E-state index contributed by atoms with van der Waals surface area (Å²) in [4.78, 5) is 1.75. The molecule has 0 amide bonds. The molecule has 3 heterocycles. The standard InChI is InChI=1S/C16H15F6N5O/c17-9-4-11(19)10(18)3-8(9)5-15(23)6-13(28-15)26-1-2-27-12(7-26)24-25-14(27)16(20,21)22/h3-4,13H,1-2,5-7,23H2. The monoisotopic (exact) mass is 407 g/mol. The molecular weight excluding hydrogens is 392 g/mol. The Bertz CT molecular complexity index is 908. The van der Waals surface area contributed by atoms with Gasteiger partial charge in [0.2, 0.25) is 5.82 Å². The highest BCUT2D eigenvalue weighted by Crippen LogP contribution is 2.36. The van der Waals surface area contributed by atoms with Crippen molar-refractivity contribution < 1.29 is 31.1 Å². The first-order chi connectivity index (χ1) is 13.1. The van der Waals surface area contributed by atoms with Crippen molar-refractivity contribution in [2.45, 2.75) is 44.1 Å². The summed E-state index contributed by atoms with van der Waals surface area (Å²) in [6, 6.07) is 1.18. The Hall–Kier alpha value is -2.18. The van der Waals surface area contributed by atoms with Crippen molar-refractivity contribution in [2.24, 2.45) is 5.73 Å². The largest absolute Gasteiger partial charge is 0.451 e. The average molecular weight is 407 g/mol. The van der Waals surface area contributed by atoms with Crippen molar-refractivity contribution in [2.75, 3.05) is 6.54 Å². The molecule has 0 saturated carbocycles. The summed E-state index contributed by atoms with van der Waals surface area (Å²) in [6.07, 6.45) is -5.01. The summed E-state index contributed by atoms with van der Waals surface area (Å²) >= 11 is 0. The fourth-order valence-electron chi connectivity index (χ4n) is 3.53. The second-order valence-electron chi connectivity index (χ2n) is 6.94. The molecule has 0 spiro atoms. The maximum Gasteiger partial charge on any atom is 0.451 e. The number of rotatable bonds is 3. The van der Waals surface area contributed by atoms with Gasteiger partial charge in [0, 0.05) is 32.0 Å². The van der Waals surface area contributed by atoms with Crippen LogP contribution in [-0.2, 0) is 30.4 Å². The van der Waals surface area contributed by atoms with Crippen LogP contribution in [0.25, 0.3) is 0 Å². The summed E-state index contributed by atoms with van der Waals surface area (Å²) in [6.45, 7) is 0.379. The van der Waals surface area contributed by atoms with Crippen LogP contribution in [0.15, 0.2) is 12.1 Å². The highest BCUT2D eigenvalue weighted by molar-refractivity contribution is 5.22. The van der Waals surface area contributed by atoms with E-state index in [1.54, 1.807) is 4.90 Å². The van der Waals surface area contributed by atoms with E-state index in [-0.39, 0.29) is 43.9 Å². The second kappa shape index (κ2) is 6.42. The lowest BCUT2D eigenvalue weighted by Crippen LogP contribution is -2.64. The molecule has 6 nitrogen and oxygen atoms in total. The van der Waals surface area contributed by atoms with Crippen molar-refractivity contribution in [3.63, 3.8) is 0 Å². The van der Waals surface area contributed by atoms with Gasteiger partial charge < -0.3 is 15.0 Å². The van der Waals surface area contributed by atoms with E-state index in [0.717, 1.165) is 10.6 Å². The normalized spacial score (nSPS) is 25.5. The SMILES string of the molecule is NC1(Cc2cc(F)c(F)cc2F)CC(N2CCn3c(nnc3C(F)(F)F)C2)O1. The van der Waals surface area contributed by atoms with Crippen LogP contribution in [-0.4, -0.2) is 38.2 Å². The van der Waals surface area contributed by atoms with Crippen LogP contribution in [0.1, 0.15) is 23.6 Å². The van der Waals surface area contributed by atoms with E-state index >= 15 is 0 Å². The van der Waals surface area contributed by atoms with Gasteiger partial charge in [-0.1, -0.05) is 0 Å². The fraction of sp³-hybridized carbons (Fsp3) is 0.500. The number of aromatic nitrogens is 3. The zero-order valence-corrected chi connectivity index (χ0v) is 14.3. The van der Waals surface area contributed by atoms with E-state index in [0.29, 0.717) is 6.07 Å². The maximum atomic E-state index is 13.8. The predicted octanol–water partition coefficient (Wildman–Crippen LogP) is 2.17. The van der Waals surface area contributed by atoms with Gasteiger partial charge in [0.25, 0.3) is 0 Å². The molecule has 1 aromatic heterocycles. The Morgan fingerprint density at radius 3 is 2.46 bits per heavy atom. The minimum Gasteiger partial charge on any atom is -0.342 e. The van der Waals surface area contributed by atoms with Crippen molar-refractivity contribution in [1.29, 1.82) is 0 Å². The molecule has 0 aliphatic carbocycles. The molecule has 1 aromatic carbocycles. The second-order valence-corrected chi connectivity index (χ2v) is 6.94. The first-order valence-corrected chi connectivity index (χ1v) is 8.39. The molecule has 1 saturated heterocycles. The van der Waals surface area contributed by atoms with Gasteiger partial charge in [-0.2, -0.15) is 13.2 Å². The van der Waals surface area contributed by atoms with Crippen LogP contribution in [0.3, 0.4) is 0 Å². The zero-order valence-electron chi connectivity index (χ0n) is 14.3. The number of hydrogen-bond acceptors (Lipinski definition) is 5. The van der Waals surface area contributed by atoms with Crippen molar-refractivity contribution in [1.82, 2.24) is 19.7 Å². The molecule has 2 atom stereocenters. The van der Waals surface area contributed by atoms with Gasteiger partial charge in [0.15, 0.2) is 11.6 Å². The van der Waals surface area contributed by atoms with Gasteiger partial charge in [-0.15, -0.1) is 10.2 Å². The van der Waals surface area contributed by atoms with Gasteiger partial charge in [0.05, 0.1) is 6.54 Å². The van der Waals surface area contributed by atoms with Crippen molar-refractivity contribution >= 4 is 0 Å². The molecule has 2 aromatic rings.